The van der Waals surface area contributed by atoms with Crippen molar-refractivity contribution in [1.29, 1.82) is 5.26 Å². The molecule has 8 heteroatoms. The smallest absolute Gasteiger partial charge is 0.257 e. The number of ether oxygens (including phenoxy) is 3. The predicted octanol–water partition coefficient (Wildman–Crippen LogP) is 3.61. The Balaban J connectivity index is 1.68. The fourth-order valence-electron chi connectivity index (χ4n) is 5.09. The monoisotopic (exact) mass is 505 g/mol. The van der Waals surface area contributed by atoms with Gasteiger partial charge in [0, 0.05) is 46.6 Å². The Labute approximate surface area is 218 Å². The van der Waals surface area contributed by atoms with E-state index in [4.69, 9.17) is 14.2 Å². The molecule has 0 unspecified atom stereocenters. The van der Waals surface area contributed by atoms with Crippen LogP contribution in [0.3, 0.4) is 0 Å². The Morgan fingerprint density at radius 2 is 1.81 bits per heavy atom. The van der Waals surface area contributed by atoms with Crippen LogP contribution in [0.4, 0.5) is 0 Å². The molecule has 2 amide bonds. The van der Waals surface area contributed by atoms with E-state index in [-0.39, 0.29) is 49.1 Å². The first-order valence-electron chi connectivity index (χ1n) is 12.8. The lowest BCUT2D eigenvalue weighted by Gasteiger charge is -2.36. The van der Waals surface area contributed by atoms with Crippen molar-refractivity contribution >= 4 is 11.8 Å². The molecule has 2 aromatic rings. The molecule has 4 rings (SSSR count). The number of benzene rings is 2. The quantitative estimate of drug-likeness (QED) is 0.619. The Morgan fingerprint density at radius 3 is 2.54 bits per heavy atom. The first-order chi connectivity index (χ1) is 17.9. The zero-order valence-electron chi connectivity index (χ0n) is 21.8. The number of carbonyl (C=O) groups is 2. The Kier molecular flexibility index (Phi) is 8.80. The summed E-state index contributed by atoms with van der Waals surface area (Å²) in [5, 5.41) is 9.46. The standard InChI is InChI=1S/C29H35N3O5/c1-31-14-13-23-10-12-26(35-3)27(37-23)19-36-25-11-9-20(17-30)15-24(25)29(34)32(2)18-22(16-28(31)33)21-7-5-4-6-8-21/h4-9,11,15,22-23,26-27H,10,12-14,16,18-19H2,1-3H3/t22-,23+,26+,27-/m0/s1. The van der Waals surface area contributed by atoms with Gasteiger partial charge < -0.3 is 24.0 Å². The number of fused-ring (bicyclic) bond motifs is 3. The van der Waals surface area contributed by atoms with Crippen LogP contribution in [-0.2, 0) is 14.3 Å². The molecular weight excluding hydrogens is 470 g/mol. The topological polar surface area (TPSA) is 92.1 Å². The minimum Gasteiger partial charge on any atom is -0.490 e. The van der Waals surface area contributed by atoms with Gasteiger partial charge in [0.25, 0.3) is 5.91 Å². The van der Waals surface area contributed by atoms with Crippen molar-refractivity contribution in [3.63, 3.8) is 0 Å². The molecule has 1 fully saturated rings. The molecule has 0 aliphatic carbocycles. The highest BCUT2D eigenvalue weighted by Crippen LogP contribution is 2.29. The summed E-state index contributed by atoms with van der Waals surface area (Å²) in [6.07, 6.45) is 2.23. The summed E-state index contributed by atoms with van der Waals surface area (Å²) >= 11 is 0. The Bertz CT molecular complexity index is 1130. The molecule has 2 heterocycles. The van der Waals surface area contributed by atoms with Crippen LogP contribution in [0.15, 0.2) is 48.5 Å². The van der Waals surface area contributed by atoms with Gasteiger partial charge in [0.15, 0.2) is 0 Å². The molecule has 0 aromatic heterocycles. The van der Waals surface area contributed by atoms with Crippen molar-refractivity contribution in [2.24, 2.45) is 0 Å². The third-order valence-corrected chi connectivity index (χ3v) is 7.35. The van der Waals surface area contributed by atoms with E-state index in [1.165, 1.54) is 0 Å². The van der Waals surface area contributed by atoms with Gasteiger partial charge in [-0.25, -0.2) is 0 Å². The maximum absolute atomic E-state index is 13.6. The van der Waals surface area contributed by atoms with E-state index in [0.29, 0.717) is 30.0 Å². The van der Waals surface area contributed by atoms with E-state index < -0.39 is 0 Å². The lowest BCUT2D eigenvalue weighted by Crippen LogP contribution is -2.44. The lowest BCUT2D eigenvalue weighted by molar-refractivity contribution is -0.145. The summed E-state index contributed by atoms with van der Waals surface area (Å²) in [5.41, 5.74) is 1.68. The summed E-state index contributed by atoms with van der Waals surface area (Å²) < 4.78 is 18.1. The number of hydrogen-bond donors (Lipinski definition) is 0. The SMILES string of the molecule is CO[C@@H]1CC[C@@H]2CCN(C)C(=O)C[C@H](c3ccccc3)CN(C)C(=O)c3cc(C#N)ccc3OC[C@@H]1O2. The molecule has 196 valence electrons. The summed E-state index contributed by atoms with van der Waals surface area (Å²) in [4.78, 5) is 30.2. The van der Waals surface area contributed by atoms with Crippen LogP contribution >= 0.6 is 0 Å². The molecule has 0 radical (unpaired) electrons. The molecule has 0 saturated carbocycles. The van der Waals surface area contributed by atoms with Crippen molar-refractivity contribution in [1.82, 2.24) is 9.80 Å². The summed E-state index contributed by atoms with van der Waals surface area (Å²) in [6.45, 7) is 1.15. The van der Waals surface area contributed by atoms with Crippen LogP contribution < -0.4 is 4.74 Å². The number of nitriles is 1. The van der Waals surface area contributed by atoms with Gasteiger partial charge in [0.05, 0.1) is 29.4 Å². The Hall–Kier alpha value is -3.41. The largest absolute Gasteiger partial charge is 0.490 e. The zero-order valence-corrected chi connectivity index (χ0v) is 21.8. The van der Waals surface area contributed by atoms with Gasteiger partial charge in [-0.3, -0.25) is 9.59 Å². The number of carbonyl (C=O) groups excluding carboxylic acids is 2. The highest BCUT2D eigenvalue weighted by molar-refractivity contribution is 5.97. The second-order valence-corrected chi connectivity index (χ2v) is 9.88. The number of methoxy groups -OCH3 is 1. The van der Waals surface area contributed by atoms with Crippen molar-refractivity contribution < 1.29 is 23.8 Å². The van der Waals surface area contributed by atoms with Gasteiger partial charge in [-0.2, -0.15) is 5.26 Å². The predicted molar refractivity (Wildman–Crippen MR) is 138 cm³/mol. The van der Waals surface area contributed by atoms with Crippen molar-refractivity contribution in [2.75, 3.05) is 40.9 Å². The molecule has 8 nitrogen and oxygen atoms in total. The second-order valence-electron chi connectivity index (χ2n) is 9.88. The van der Waals surface area contributed by atoms with Crippen molar-refractivity contribution in [3.05, 3.63) is 65.2 Å². The maximum Gasteiger partial charge on any atom is 0.257 e. The van der Waals surface area contributed by atoms with Crippen molar-refractivity contribution in [2.45, 2.75) is 49.9 Å². The maximum atomic E-state index is 13.6. The van der Waals surface area contributed by atoms with Crippen LogP contribution in [0.2, 0.25) is 0 Å². The first-order valence-corrected chi connectivity index (χ1v) is 12.8. The van der Waals surface area contributed by atoms with E-state index in [1.807, 2.05) is 37.4 Å². The molecule has 2 bridgehead atoms. The summed E-state index contributed by atoms with van der Waals surface area (Å²) in [7, 11) is 5.20. The molecule has 2 aliphatic heterocycles. The minimum atomic E-state index is -0.309. The minimum absolute atomic E-state index is 0.0127. The second kappa shape index (κ2) is 12.2. The van der Waals surface area contributed by atoms with Crippen LogP contribution in [0.5, 0.6) is 5.75 Å². The molecule has 1 saturated heterocycles. The van der Waals surface area contributed by atoms with Gasteiger partial charge in [-0.05, 0) is 43.0 Å². The lowest BCUT2D eigenvalue weighted by atomic mass is 9.94. The molecule has 4 atom stereocenters. The van der Waals surface area contributed by atoms with Crippen LogP contribution in [0.25, 0.3) is 0 Å². The molecule has 2 aliphatic rings. The van der Waals surface area contributed by atoms with Gasteiger partial charge in [-0.15, -0.1) is 0 Å². The van der Waals surface area contributed by atoms with Crippen molar-refractivity contribution in [3.8, 4) is 11.8 Å². The molecule has 0 spiro atoms. The number of amides is 2. The number of hydrogen-bond acceptors (Lipinski definition) is 6. The van der Waals surface area contributed by atoms with E-state index >= 15 is 0 Å². The van der Waals surface area contributed by atoms with Gasteiger partial charge in [0.2, 0.25) is 5.91 Å². The average molecular weight is 506 g/mol. The molecule has 37 heavy (non-hydrogen) atoms. The van der Waals surface area contributed by atoms with E-state index in [9.17, 15) is 14.9 Å². The fourth-order valence-corrected chi connectivity index (χ4v) is 5.09. The number of nitrogens with zero attached hydrogens (tertiary/aromatic N) is 3. The van der Waals surface area contributed by atoms with E-state index in [2.05, 4.69) is 6.07 Å². The average Bonchev–Trinajstić information content (AvgIpc) is 2.93. The van der Waals surface area contributed by atoms with E-state index in [1.54, 1.807) is 42.2 Å². The molecule has 0 N–H and O–H groups in total. The summed E-state index contributed by atoms with van der Waals surface area (Å²) in [6, 6.07) is 16.8. The number of likely N-dealkylation sites (N-methyl/N-ethyl adjacent to an activating group) is 1. The third-order valence-electron chi connectivity index (χ3n) is 7.35. The fraction of sp³-hybridized carbons (Fsp3) is 0.483. The molecule has 2 aromatic carbocycles. The normalized spacial score (nSPS) is 25.7. The van der Waals surface area contributed by atoms with Crippen LogP contribution in [-0.4, -0.2) is 80.8 Å². The molecular formula is C29H35N3O5. The van der Waals surface area contributed by atoms with Crippen LogP contribution in [0.1, 0.15) is 53.1 Å². The number of rotatable bonds is 2. The van der Waals surface area contributed by atoms with Crippen LogP contribution in [0, 0.1) is 11.3 Å². The third kappa shape index (κ3) is 6.48. The van der Waals surface area contributed by atoms with E-state index in [0.717, 1.165) is 24.8 Å². The zero-order chi connectivity index (χ0) is 26.4. The highest BCUT2D eigenvalue weighted by Gasteiger charge is 2.33. The summed E-state index contributed by atoms with van der Waals surface area (Å²) in [5.74, 6) is -0.0269. The van der Waals surface area contributed by atoms with Gasteiger partial charge >= 0.3 is 0 Å². The Morgan fingerprint density at radius 1 is 1.03 bits per heavy atom. The first kappa shape index (κ1) is 26.6. The highest BCUT2D eigenvalue weighted by atomic mass is 16.6. The van der Waals surface area contributed by atoms with Gasteiger partial charge in [-0.1, -0.05) is 30.3 Å². The van der Waals surface area contributed by atoms with Gasteiger partial charge in [0.1, 0.15) is 18.5 Å².